The molecule has 1 N–H and O–H groups in total. The Bertz CT molecular complexity index is 1450. The molecule has 4 aromatic rings. The number of nitrogens with one attached hydrogen (secondary N) is 1. The first kappa shape index (κ1) is 20.4. The van der Waals surface area contributed by atoms with E-state index in [-0.39, 0.29) is 12.0 Å². The summed E-state index contributed by atoms with van der Waals surface area (Å²) in [6.07, 6.45) is 2.04. The molecule has 8 heteroatoms. The Hall–Kier alpha value is -4.23. The molecule has 0 saturated carbocycles. The van der Waals surface area contributed by atoms with Crippen LogP contribution in [0.2, 0.25) is 5.02 Å². The Kier molecular flexibility index (Phi) is 4.60. The van der Waals surface area contributed by atoms with E-state index in [0.29, 0.717) is 22.1 Å². The van der Waals surface area contributed by atoms with Crippen molar-refractivity contribution in [1.29, 1.82) is 0 Å². The molecule has 2 aliphatic rings. The number of halogens is 1. The van der Waals surface area contributed by atoms with Crippen molar-refractivity contribution in [2.45, 2.75) is 13.0 Å². The quantitative estimate of drug-likeness (QED) is 0.424. The van der Waals surface area contributed by atoms with Gasteiger partial charge in [0.25, 0.3) is 17.8 Å². The van der Waals surface area contributed by atoms with E-state index in [9.17, 15) is 9.59 Å². The second-order valence-corrected chi connectivity index (χ2v) is 8.68. The summed E-state index contributed by atoms with van der Waals surface area (Å²) in [5, 5.41) is 8.54. The lowest BCUT2D eigenvalue weighted by Crippen LogP contribution is -2.30. The fraction of sp³-hybridized carbons (Fsp3) is 0.0769. The minimum Gasteiger partial charge on any atom is -0.324 e. The van der Waals surface area contributed by atoms with Gasteiger partial charge in [0.2, 0.25) is 5.95 Å². The number of nitrogens with zero attached hydrogens (tertiary/aromatic N) is 4. The summed E-state index contributed by atoms with van der Waals surface area (Å²) >= 11 is 6.08. The maximum absolute atomic E-state index is 13.0. The van der Waals surface area contributed by atoms with Crippen molar-refractivity contribution >= 4 is 41.0 Å². The van der Waals surface area contributed by atoms with Gasteiger partial charge in [0.15, 0.2) is 0 Å². The molecular formula is C26H18ClN5O2. The molecule has 3 heterocycles. The molecule has 7 nitrogen and oxygen atoms in total. The van der Waals surface area contributed by atoms with Crippen LogP contribution in [0.1, 0.15) is 43.4 Å². The van der Waals surface area contributed by atoms with Crippen LogP contribution >= 0.6 is 11.6 Å². The molecule has 2 aliphatic heterocycles. The second-order valence-electron chi connectivity index (χ2n) is 8.24. The van der Waals surface area contributed by atoms with Gasteiger partial charge in [-0.25, -0.2) is 9.58 Å². The van der Waals surface area contributed by atoms with Gasteiger partial charge in [-0.3, -0.25) is 9.59 Å². The summed E-state index contributed by atoms with van der Waals surface area (Å²) in [7, 11) is 0. The maximum Gasteiger partial charge on any atom is 0.268 e. The largest absolute Gasteiger partial charge is 0.324 e. The molecule has 0 fully saturated rings. The zero-order valence-electron chi connectivity index (χ0n) is 18.1. The lowest BCUT2D eigenvalue weighted by atomic mass is 10.0. The van der Waals surface area contributed by atoms with Crippen LogP contribution in [0.3, 0.4) is 0 Å². The Labute approximate surface area is 200 Å². The van der Waals surface area contributed by atoms with Crippen LogP contribution in [-0.2, 0) is 0 Å². The fourth-order valence-corrected chi connectivity index (χ4v) is 4.37. The van der Waals surface area contributed by atoms with E-state index in [1.807, 2.05) is 61.5 Å². The molecule has 3 aromatic carbocycles. The number of hydrogen-bond donors (Lipinski definition) is 1. The zero-order valence-corrected chi connectivity index (χ0v) is 18.8. The maximum atomic E-state index is 13.0. The number of rotatable bonds is 3. The fourth-order valence-electron chi connectivity index (χ4n) is 4.25. The first-order valence-corrected chi connectivity index (χ1v) is 11.1. The molecule has 0 saturated heterocycles. The van der Waals surface area contributed by atoms with E-state index in [0.717, 1.165) is 27.3 Å². The highest BCUT2D eigenvalue weighted by atomic mass is 35.5. The molecule has 6 rings (SSSR count). The van der Waals surface area contributed by atoms with Crippen molar-refractivity contribution < 1.29 is 9.59 Å². The summed E-state index contributed by atoms with van der Waals surface area (Å²) in [6.45, 7) is 2.03. The normalized spacial score (nSPS) is 16.7. The number of carbonyl (C=O) groups is 2. The predicted molar refractivity (Wildman–Crippen MR) is 130 cm³/mol. The number of imide groups is 1. The van der Waals surface area contributed by atoms with Gasteiger partial charge >= 0.3 is 0 Å². The van der Waals surface area contributed by atoms with E-state index in [4.69, 9.17) is 11.6 Å². The first-order valence-electron chi connectivity index (χ1n) is 10.8. The van der Waals surface area contributed by atoms with Crippen molar-refractivity contribution in [3.63, 3.8) is 0 Å². The number of aryl methyl sites for hydroxylation is 1. The highest BCUT2D eigenvalue weighted by molar-refractivity contribution is 6.33. The van der Waals surface area contributed by atoms with Crippen molar-refractivity contribution in [1.82, 2.24) is 14.8 Å². The van der Waals surface area contributed by atoms with Gasteiger partial charge in [0.1, 0.15) is 6.04 Å². The zero-order chi connectivity index (χ0) is 23.4. The topological polar surface area (TPSA) is 80.1 Å². The van der Waals surface area contributed by atoms with Crippen molar-refractivity contribution in [2.24, 2.45) is 0 Å². The van der Waals surface area contributed by atoms with Gasteiger partial charge in [0, 0.05) is 10.7 Å². The number of anilines is 2. The van der Waals surface area contributed by atoms with Crippen molar-refractivity contribution in [2.75, 3.05) is 10.2 Å². The van der Waals surface area contributed by atoms with E-state index in [2.05, 4.69) is 15.4 Å². The van der Waals surface area contributed by atoms with Crippen LogP contribution in [-0.4, -0.2) is 26.6 Å². The molecule has 1 aromatic heterocycles. The van der Waals surface area contributed by atoms with Gasteiger partial charge in [-0.1, -0.05) is 65.7 Å². The predicted octanol–water partition coefficient (Wildman–Crippen LogP) is 5.10. The highest BCUT2D eigenvalue weighted by Gasteiger charge is 2.40. The lowest BCUT2D eigenvalue weighted by molar-refractivity contribution is 0.0924. The summed E-state index contributed by atoms with van der Waals surface area (Å²) in [4.78, 5) is 31.6. The van der Waals surface area contributed by atoms with Crippen molar-refractivity contribution in [3.05, 3.63) is 112 Å². The minimum atomic E-state index is -0.429. The van der Waals surface area contributed by atoms with Crippen LogP contribution in [0.5, 0.6) is 0 Å². The second kappa shape index (κ2) is 7.67. The molecule has 0 aliphatic carbocycles. The Balaban J connectivity index is 1.45. The number of benzene rings is 3. The third kappa shape index (κ3) is 3.21. The van der Waals surface area contributed by atoms with Gasteiger partial charge < -0.3 is 5.32 Å². The van der Waals surface area contributed by atoms with Gasteiger partial charge in [-0.05, 0) is 48.4 Å². The Morgan fingerprint density at radius 1 is 0.882 bits per heavy atom. The van der Waals surface area contributed by atoms with Crippen LogP contribution < -0.4 is 10.2 Å². The molecule has 0 radical (unpaired) electrons. The number of aromatic nitrogens is 3. The van der Waals surface area contributed by atoms with Crippen LogP contribution in [0.4, 0.5) is 11.9 Å². The van der Waals surface area contributed by atoms with E-state index >= 15 is 0 Å². The first-order chi connectivity index (χ1) is 16.5. The summed E-state index contributed by atoms with van der Waals surface area (Å²) < 4.78 is 1.70. The third-order valence-corrected chi connectivity index (χ3v) is 6.27. The number of fused-ring (bicyclic) bond motifs is 2. The third-order valence-electron chi connectivity index (χ3n) is 6.02. The molecule has 0 spiro atoms. The van der Waals surface area contributed by atoms with Crippen LogP contribution in [0.15, 0.2) is 78.9 Å². The smallest absolute Gasteiger partial charge is 0.268 e. The molecule has 34 heavy (non-hydrogen) atoms. The molecule has 2 amide bonds. The lowest BCUT2D eigenvalue weighted by Gasteiger charge is -2.24. The SMILES string of the molecule is Cc1ccc(C2C=C(c3ccc(Cl)cc3)Nc3nc(N4C(=O)c5ccccc5C4=O)nn32)cc1. The molecule has 1 atom stereocenters. The summed E-state index contributed by atoms with van der Waals surface area (Å²) in [6, 6.07) is 22.1. The van der Waals surface area contributed by atoms with E-state index in [1.54, 1.807) is 28.9 Å². The Morgan fingerprint density at radius 3 is 2.18 bits per heavy atom. The summed E-state index contributed by atoms with van der Waals surface area (Å²) in [5.41, 5.74) is 4.60. The number of amides is 2. The van der Waals surface area contributed by atoms with Gasteiger partial charge in [-0.2, -0.15) is 4.98 Å². The van der Waals surface area contributed by atoms with Gasteiger partial charge in [0.05, 0.1) is 11.1 Å². The minimum absolute atomic E-state index is 0.0385. The monoisotopic (exact) mass is 467 g/mol. The van der Waals surface area contributed by atoms with Crippen molar-refractivity contribution in [3.8, 4) is 0 Å². The summed E-state index contributed by atoms with van der Waals surface area (Å²) in [5.74, 6) is -0.385. The Morgan fingerprint density at radius 2 is 1.53 bits per heavy atom. The average molecular weight is 468 g/mol. The van der Waals surface area contributed by atoms with Crippen LogP contribution in [0, 0.1) is 6.92 Å². The number of allylic oxidation sites excluding steroid dienone is 1. The van der Waals surface area contributed by atoms with Crippen LogP contribution in [0.25, 0.3) is 5.70 Å². The molecular weight excluding hydrogens is 450 g/mol. The molecule has 166 valence electrons. The molecule has 1 unspecified atom stereocenters. The van der Waals surface area contributed by atoms with E-state index < -0.39 is 11.8 Å². The highest BCUT2D eigenvalue weighted by Crippen LogP contribution is 2.35. The number of carbonyl (C=O) groups excluding carboxylic acids is 2. The van der Waals surface area contributed by atoms with Gasteiger partial charge in [-0.15, -0.1) is 5.10 Å². The standard InChI is InChI=1S/C26H18ClN5O2/c1-15-6-8-17(9-7-15)22-14-21(16-10-12-18(27)13-11-16)28-25-29-26(30-32(22)25)31-23(33)19-4-2-3-5-20(19)24(31)34/h2-14,22H,1H3,(H,28,29,30). The number of hydrogen-bond acceptors (Lipinski definition) is 5. The molecule has 0 bridgehead atoms. The van der Waals surface area contributed by atoms with E-state index in [1.165, 1.54) is 0 Å². The average Bonchev–Trinajstić information content (AvgIpc) is 3.38.